The van der Waals surface area contributed by atoms with Crippen molar-refractivity contribution in [1.82, 2.24) is 5.32 Å². The summed E-state index contributed by atoms with van der Waals surface area (Å²) in [6, 6.07) is 6.27. The second-order valence-electron chi connectivity index (χ2n) is 4.30. The summed E-state index contributed by atoms with van der Waals surface area (Å²) >= 11 is 0. The van der Waals surface area contributed by atoms with Crippen molar-refractivity contribution >= 4 is 22.8 Å². The summed E-state index contributed by atoms with van der Waals surface area (Å²) in [5, 5.41) is 12.2. The lowest BCUT2D eigenvalue weighted by Gasteiger charge is -2.12. The minimum Gasteiger partial charge on any atom is -0.480 e. The number of furan rings is 1. The zero-order valence-electron chi connectivity index (χ0n) is 10.6. The first-order valence-electron chi connectivity index (χ1n) is 6.13. The summed E-state index contributed by atoms with van der Waals surface area (Å²) in [4.78, 5) is 23.1. The molecule has 1 heterocycles. The molecule has 1 aromatic heterocycles. The minimum atomic E-state index is -1.02. The molecule has 100 valence electrons. The average molecular weight is 261 g/mol. The van der Waals surface area contributed by atoms with Crippen LogP contribution < -0.4 is 5.32 Å². The van der Waals surface area contributed by atoms with Crippen LogP contribution in [0.25, 0.3) is 11.0 Å². The Bertz CT molecular complexity index is 602. The van der Waals surface area contributed by atoms with Crippen molar-refractivity contribution in [3.63, 3.8) is 0 Å². The molecule has 1 aromatic carbocycles. The molecule has 0 radical (unpaired) electrons. The molecule has 1 atom stereocenters. The van der Waals surface area contributed by atoms with Crippen LogP contribution in [-0.4, -0.2) is 23.0 Å². The molecule has 19 heavy (non-hydrogen) atoms. The molecule has 0 aliphatic heterocycles. The van der Waals surface area contributed by atoms with E-state index < -0.39 is 17.9 Å². The van der Waals surface area contributed by atoms with E-state index >= 15 is 0 Å². The lowest BCUT2D eigenvalue weighted by atomic mass is 10.1. The normalized spacial score (nSPS) is 12.3. The lowest BCUT2D eigenvalue weighted by Crippen LogP contribution is -2.40. The summed E-state index contributed by atoms with van der Waals surface area (Å²) in [6.07, 6.45) is 2.44. The van der Waals surface area contributed by atoms with Crippen LogP contribution in [-0.2, 0) is 4.79 Å². The molecule has 0 fully saturated rings. The third-order valence-electron chi connectivity index (χ3n) is 2.91. The van der Waals surface area contributed by atoms with Crippen molar-refractivity contribution in [2.45, 2.75) is 25.8 Å². The number of fused-ring (bicyclic) bond motifs is 1. The van der Waals surface area contributed by atoms with E-state index in [0.717, 1.165) is 0 Å². The van der Waals surface area contributed by atoms with Crippen LogP contribution in [0.4, 0.5) is 0 Å². The highest BCUT2D eigenvalue weighted by Crippen LogP contribution is 2.20. The first kappa shape index (κ1) is 13.1. The Morgan fingerprint density at radius 3 is 2.79 bits per heavy atom. The molecule has 0 aliphatic rings. The van der Waals surface area contributed by atoms with Crippen molar-refractivity contribution < 1.29 is 19.1 Å². The summed E-state index contributed by atoms with van der Waals surface area (Å²) < 4.78 is 5.26. The van der Waals surface area contributed by atoms with E-state index in [2.05, 4.69) is 5.32 Å². The van der Waals surface area contributed by atoms with Crippen LogP contribution in [0.3, 0.4) is 0 Å². The third kappa shape index (κ3) is 2.76. The largest absolute Gasteiger partial charge is 0.480 e. The highest BCUT2D eigenvalue weighted by Gasteiger charge is 2.21. The molecule has 0 saturated heterocycles. The van der Waals surface area contributed by atoms with Crippen LogP contribution >= 0.6 is 0 Å². The molecule has 2 rings (SSSR count). The van der Waals surface area contributed by atoms with Crippen molar-refractivity contribution in [1.29, 1.82) is 0 Å². The second-order valence-corrected chi connectivity index (χ2v) is 4.30. The Hall–Kier alpha value is -2.30. The van der Waals surface area contributed by atoms with Gasteiger partial charge in [-0.25, -0.2) is 4.79 Å². The summed E-state index contributed by atoms with van der Waals surface area (Å²) in [5.74, 6) is -1.45. The first-order valence-corrected chi connectivity index (χ1v) is 6.13. The standard InChI is InChI=1S/C14H15NO4/c1-2-5-11(14(17)18)15-13(16)10-8-19-12-7-4-3-6-9(10)12/h3-4,6-8,11H,2,5H2,1H3,(H,15,16)(H,17,18). The number of carboxylic acid groups (broad SMARTS) is 1. The minimum absolute atomic E-state index is 0.359. The number of nitrogens with one attached hydrogen (secondary N) is 1. The lowest BCUT2D eigenvalue weighted by molar-refractivity contribution is -0.139. The highest BCUT2D eigenvalue weighted by molar-refractivity contribution is 6.06. The zero-order chi connectivity index (χ0) is 13.8. The van der Waals surface area contributed by atoms with E-state index in [1.807, 2.05) is 13.0 Å². The number of carbonyl (C=O) groups is 2. The van der Waals surface area contributed by atoms with Gasteiger partial charge in [0.2, 0.25) is 0 Å². The maximum absolute atomic E-state index is 12.1. The van der Waals surface area contributed by atoms with Crippen molar-refractivity contribution in [3.8, 4) is 0 Å². The SMILES string of the molecule is CCCC(NC(=O)c1coc2ccccc12)C(=O)O. The number of carbonyl (C=O) groups excluding carboxylic acids is 1. The van der Waals surface area contributed by atoms with Crippen LogP contribution in [0.2, 0.25) is 0 Å². The molecule has 1 amide bonds. The quantitative estimate of drug-likeness (QED) is 0.866. The van der Waals surface area contributed by atoms with Crippen LogP contribution in [0.1, 0.15) is 30.1 Å². The number of aliphatic carboxylic acids is 1. The highest BCUT2D eigenvalue weighted by atomic mass is 16.4. The fourth-order valence-electron chi connectivity index (χ4n) is 1.94. The average Bonchev–Trinajstić information content (AvgIpc) is 2.81. The maximum Gasteiger partial charge on any atom is 0.326 e. The summed E-state index contributed by atoms with van der Waals surface area (Å²) in [5.41, 5.74) is 0.966. The molecule has 0 bridgehead atoms. The molecule has 5 heteroatoms. The molecular formula is C14H15NO4. The number of amides is 1. The van der Waals surface area contributed by atoms with Crippen LogP contribution in [0.5, 0.6) is 0 Å². The van der Waals surface area contributed by atoms with Gasteiger partial charge < -0.3 is 14.8 Å². The molecule has 0 spiro atoms. The van der Waals surface area contributed by atoms with Crippen molar-refractivity contribution in [3.05, 3.63) is 36.1 Å². The summed E-state index contributed by atoms with van der Waals surface area (Å²) in [7, 11) is 0. The Morgan fingerprint density at radius 1 is 1.37 bits per heavy atom. The van der Waals surface area contributed by atoms with E-state index in [4.69, 9.17) is 9.52 Å². The van der Waals surface area contributed by atoms with Gasteiger partial charge in [-0.3, -0.25) is 4.79 Å². The van der Waals surface area contributed by atoms with Gasteiger partial charge in [-0.1, -0.05) is 31.5 Å². The molecule has 2 N–H and O–H groups in total. The molecule has 0 aliphatic carbocycles. The first-order chi connectivity index (χ1) is 9.13. The second kappa shape index (κ2) is 5.56. The predicted octanol–water partition coefficient (Wildman–Crippen LogP) is 2.42. The Morgan fingerprint density at radius 2 is 2.11 bits per heavy atom. The number of hydrogen-bond acceptors (Lipinski definition) is 3. The molecular weight excluding hydrogens is 246 g/mol. The van der Waals surface area contributed by atoms with E-state index in [-0.39, 0.29) is 0 Å². The number of rotatable bonds is 5. The molecule has 2 aromatic rings. The number of hydrogen-bond donors (Lipinski definition) is 2. The molecule has 5 nitrogen and oxygen atoms in total. The Kier molecular flexibility index (Phi) is 3.85. The van der Waals surface area contributed by atoms with E-state index in [1.54, 1.807) is 18.2 Å². The third-order valence-corrected chi connectivity index (χ3v) is 2.91. The number of benzene rings is 1. The molecule has 0 saturated carbocycles. The van der Waals surface area contributed by atoms with Gasteiger partial charge in [0.1, 0.15) is 17.9 Å². The van der Waals surface area contributed by atoms with Gasteiger partial charge in [0, 0.05) is 5.39 Å². The van der Waals surface area contributed by atoms with Gasteiger partial charge >= 0.3 is 5.97 Å². The fraction of sp³-hybridized carbons (Fsp3) is 0.286. The van der Waals surface area contributed by atoms with Gasteiger partial charge in [-0.05, 0) is 12.5 Å². The van der Waals surface area contributed by atoms with Crippen molar-refractivity contribution in [2.24, 2.45) is 0 Å². The molecule has 1 unspecified atom stereocenters. The van der Waals surface area contributed by atoms with Gasteiger partial charge in [0.25, 0.3) is 5.91 Å². The number of carboxylic acids is 1. The fourth-order valence-corrected chi connectivity index (χ4v) is 1.94. The summed E-state index contributed by atoms with van der Waals surface area (Å²) in [6.45, 7) is 1.87. The Balaban J connectivity index is 2.22. The van der Waals surface area contributed by atoms with Gasteiger partial charge in [-0.15, -0.1) is 0 Å². The monoisotopic (exact) mass is 261 g/mol. The van der Waals surface area contributed by atoms with Gasteiger partial charge in [-0.2, -0.15) is 0 Å². The van der Waals surface area contributed by atoms with Crippen LogP contribution in [0, 0.1) is 0 Å². The van der Waals surface area contributed by atoms with E-state index in [0.29, 0.717) is 29.4 Å². The maximum atomic E-state index is 12.1. The van der Waals surface area contributed by atoms with E-state index in [9.17, 15) is 9.59 Å². The smallest absolute Gasteiger partial charge is 0.326 e. The predicted molar refractivity (Wildman–Crippen MR) is 70.0 cm³/mol. The van der Waals surface area contributed by atoms with Crippen LogP contribution in [0.15, 0.2) is 34.9 Å². The van der Waals surface area contributed by atoms with Gasteiger partial charge in [0.05, 0.1) is 5.56 Å². The number of para-hydroxylation sites is 1. The zero-order valence-corrected chi connectivity index (χ0v) is 10.6. The Labute approximate surface area is 110 Å². The van der Waals surface area contributed by atoms with Gasteiger partial charge in [0.15, 0.2) is 0 Å². The van der Waals surface area contributed by atoms with E-state index in [1.165, 1.54) is 6.26 Å². The van der Waals surface area contributed by atoms with Crippen molar-refractivity contribution in [2.75, 3.05) is 0 Å². The topological polar surface area (TPSA) is 79.5 Å².